The van der Waals surface area contributed by atoms with Gasteiger partial charge in [0.1, 0.15) is 13.2 Å². The molecule has 0 aromatic heterocycles. The third-order valence-corrected chi connectivity index (χ3v) is 2.04. The van der Waals surface area contributed by atoms with Crippen molar-refractivity contribution in [1.82, 2.24) is 0 Å². The maximum Gasteiger partial charge on any atom is 0.331 e. The average molecular weight is 300 g/mol. The van der Waals surface area contributed by atoms with E-state index >= 15 is 0 Å². The number of esters is 2. The second-order valence-corrected chi connectivity index (χ2v) is 3.86. The zero-order valence-electron chi connectivity index (χ0n) is 12.6. The van der Waals surface area contributed by atoms with E-state index in [0.29, 0.717) is 25.7 Å². The molecule has 0 rings (SSSR count). The van der Waals surface area contributed by atoms with Crippen LogP contribution < -0.4 is 0 Å². The van der Waals surface area contributed by atoms with Gasteiger partial charge in [0.25, 0.3) is 0 Å². The van der Waals surface area contributed by atoms with Crippen LogP contribution in [0.15, 0.2) is 37.5 Å². The number of ether oxygens (including phenoxy) is 2. The van der Waals surface area contributed by atoms with Crippen molar-refractivity contribution in [2.75, 3.05) is 13.2 Å². The maximum absolute atomic E-state index is 11.3. The molecule has 4 heteroatoms. The molecular weight excluding hydrogens is 280 g/mol. The van der Waals surface area contributed by atoms with E-state index in [1.165, 1.54) is 0 Å². The smallest absolute Gasteiger partial charge is 0.331 e. The molecule has 0 amide bonds. The van der Waals surface area contributed by atoms with E-state index in [2.05, 4.69) is 36.8 Å². The third-order valence-electron chi connectivity index (χ3n) is 2.04. The van der Waals surface area contributed by atoms with Crippen molar-refractivity contribution >= 4 is 11.9 Å². The van der Waals surface area contributed by atoms with Crippen LogP contribution >= 0.6 is 0 Å². The molecule has 0 N–H and O–H groups in total. The Hall–Kier alpha value is -2.72. The van der Waals surface area contributed by atoms with Gasteiger partial charge in [0.2, 0.25) is 0 Å². The highest BCUT2D eigenvalue weighted by atomic mass is 16.5. The van der Waals surface area contributed by atoms with Crippen molar-refractivity contribution in [2.45, 2.75) is 25.7 Å². The summed E-state index contributed by atoms with van der Waals surface area (Å²) in [5, 5.41) is 0. The molecule has 22 heavy (non-hydrogen) atoms. The van der Waals surface area contributed by atoms with Crippen LogP contribution in [0.5, 0.6) is 0 Å². The zero-order valence-corrected chi connectivity index (χ0v) is 12.6. The van der Waals surface area contributed by atoms with Crippen LogP contribution in [0.4, 0.5) is 0 Å². The van der Waals surface area contributed by atoms with Crippen LogP contribution in [-0.4, -0.2) is 25.2 Å². The Bertz CT molecular complexity index is 473. The highest BCUT2D eigenvalue weighted by Crippen LogP contribution is 1.89. The lowest BCUT2D eigenvalue weighted by Gasteiger charge is -1.98. The molecule has 0 aliphatic heterocycles. The molecule has 0 atom stereocenters. The van der Waals surface area contributed by atoms with E-state index in [1.54, 1.807) is 12.2 Å². The quantitative estimate of drug-likeness (QED) is 0.227. The predicted octanol–water partition coefficient (Wildman–Crippen LogP) is 2.57. The Morgan fingerprint density at radius 2 is 1.18 bits per heavy atom. The minimum atomic E-state index is -0.603. The maximum atomic E-state index is 11.3. The van der Waals surface area contributed by atoms with Gasteiger partial charge in [-0.3, -0.25) is 0 Å². The molecule has 116 valence electrons. The van der Waals surface area contributed by atoms with Crippen LogP contribution in [0.1, 0.15) is 25.7 Å². The van der Waals surface area contributed by atoms with Crippen molar-refractivity contribution < 1.29 is 19.1 Å². The molecule has 0 saturated carbocycles. The van der Waals surface area contributed by atoms with E-state index in [0.717, 1.165) is 12.2 Å². The molecule has 0 unspecified atom stereocenters. The fraction of sp³-hybridized carbons (Fsp3) is 0.333. The van der Waals surface area contributed by atoms with Gasteiger partial charge in [-0.25, -0.2) is 9.59 Å². The molecule has 0 radical (unpaired) electrons. The third kappa shape index (κ3) is 13.7. The van der Waals surface area contributed by atoms with Gasteiger partial charge in [-0.05, 0) is 0 Å². The summed E-state index contributed by atoms with van der Waals surface area (Å²) in [6.07, 6.45) is 7.56. The fourth-order valence-corrected chi connectivity index (χ4v) is 1.10. The van der Waals surface area contributed by atoms with Crippen molar-refractivity contribution in [2.24, 2.45) is 0 Å². The van der Waals surface area contributed by atoms with Gasteiger partial charge in [-0.2, -0.15) is 0 Å². The lowest BCUT2D eigenvalue weighted by molar-refractivity contribution is -0.140. The van der Waals surface area contributed by atoms with Crippen molar-refractivity contribution in [1.29, 1.82) is 0 Å². The second-order valence-electron chi connectivity index (χ2n) is 3.86. The van der Waals surface area contributed by atoms with E-state index in [-0.39, 0.29) is 13.2 Å². The zero-order chi connectivity index (χ0) is 16.5. The Balaban J connectivity index is 3.77. The number of hydrogen-bond acceptors (Lipinski definition) is 4. The summed E-state index contributed by atoms with van der Waals surface area (Å²) in [5.74, 6) is 10.1. The Morgan fingerprint density at radius 1 is 0.773 bits per heavy atom. The molecule has 4 nitrogen and oxygen atoms in total. The standard InChI is InChI=1S/C18H20O4/c1-3-5-7-9-11-15-21-17(19)13-14-18(20)22-16-12-10-8-6-4-2/h3-4,13-14H,1-2,5-6,11-12,15-16H2/b14-13-. The van der Waals surface area contributed by atoms with Crippen LogP contribution in [0.25, 0.3) is 0 Å². The monoisotopic (exact) mass is 300 g/mol. The molecular formula is C18H20O4. The summed E-state index contributed by atoms with van der Waals surface area (Å²) in [6.45, 7) is 7.43. The van der Waals surface area contributed by atoms with Gasteiger partial charge in [0.15, 0.2) is 0 Å². The first-order chi connectivity index (χ1) is 10.7. The molecule has 0 aliphatic carbocycles. The molecule has 0 aliphatic rings. The summed E-state index contributed by atoms with van der Waals surface area (Å²) in [5.41, 5.74) is 0. The van der Waals surface area contributed by atoms with E-state index in [1.807, 2.05) is 0 Å². The van der Waals surface area contributed by atoms with Gasteiger partial charge in [0.05, 0.1) is 0 Å². The van der Waals surface area contributed by atoms with Crippen molar-refractivity contribution in [3.05, 3.63) is 37.5 Å². The summed E-state index contributed by atoms with van der Waals surface area (Å²) in [6, 6.07) is 0. The lowest BCUT2D eigenvalue weighted by atomic mass is 10.4. The Labute approximate surface area is 131 Å². The minimum Gasteiger partial charge on any atom is -0.462 e. The predicted molar refractivity (Wildman–Crippen MR) is 85.5 cm³/mol. The van der Waals surface area contributed by atoms with Crippen LogP contribution in [-0.2, 0) is 19.1 Å². The summed E-state index contributed by atoms with van der Waals surface area (Å²) in [7, 11) is 0. The summed E-state index contributed by atoms with van der Waals surface area (Å²) >= 11 is 0. The first kappa shape index (κ1) is 19.3. The van der Waals surface area contributed by atoms with Gasteiger partial charge < -0.3 is 9.47 Å². The Morgan fingerprint density at radius 3 is 1.55 bits per heavy atom. The first-order valence-electron chi connectivity index (χ1n) is 6.85. The SMILES string of the molecule is C=CCC#CCCOC(=O)/C=C\C(=O)OCCC#CCC=C. The number of hydrogen-bond donors (Lipinski definition) is 0. The van der Waals surface area contributed by atoms with E-state index in [4.69, 9.17) is 9.47 Å². The summed E-state index contributed by atoms with van der Waals surface area (Å²) < 4.78 is 9.70. The van der Waals surface area contributed by atoms with Gasteiger partial charge in [0, 0.05) is 37.8 Å². The minimum absolute atomic E-state index is 0.182. The molecule has 0 aromatic rings. The number of carbonyl (C=O) groups excluding carboxylic acids is 2. The lowest BCUT2D eigenvalue weighted by Crippen LogP contribution is -2.05. The van der Waals surface area contributed by atoms with Gasteiger partial charge in [-0.15, -0.1) is 13.2 Å². The van der Waals surface area contributed by atoms with E-state index < -0.39 is 11.9 Å². The largest absolute Gasteiger partial charge is 0.462 e. The Kier molecular flexibility index (Phi) is 12.9. The molecule has 0 spiro atoms. The molecule has 0 aromatic carbocycles. The highest BCUT2D eigenvalue weighted by Gasteiger charge is 1.99. The summed E-state index contributed by atoms with van der Waals surface area (Å²) in [4.78, 5) is 22.5. The van der Waals surface area contributed by atoms with Crippen LogP contribution in [0, 0.1) is 23.7 Å². The topological polar surface area (TPSA) is 52.6 Å². The number of carbonyl (C=O) groups is 2. The normalized spacial score (nSPS) is 8.91. The van der Waals surface area contributed by atoms with Crippen molar-refractivity contribution in [3.63, 3.8) is 0 Å². The molecule has 0 heterocycles. The molecule has 0 saturated heterocycles. The highest BCUT2D eigenvalue weighted by molar-refractivity contribution is 5.91. The van der Waals surface area contributed by atoms with Crippen LogP contribution in [0.2, 0.25) is 0 Å². The second kappa shape index (κ2) is 14.7. The van der Waals surface area contributed by atoms with Gasteiger partial charge >= 0.3 is 11.9 Å². The molecule has 0 fully saturated rings. The van der Waals surface area contributed by atoms with Crippen molar-refractivity contribution in [3.8, 4) is 23.7 Å². The fourth-order valence-electron chi connectivity index (χ4n) is 1.10. The number of allylic oxidation sites excluding steroid dienone is 2. The molecule has 0 bridgehead atoms. The van der Waals surface area contributed by atoms with E-state index in [9.17, 15) is 9.59 Å². The number of rotatable bonds is 8. The first-order valence-corrected chi connectivity index (χ1v) is 6.85. The van der Waals surface area contributed by atoms with Gasteiger partial charge in [-0.1, -0.05) is 35.8 Å². The average Bonchev–Trinajstić information content (AvgIpc) is 2.52. The van der Waals surface area contributed by atoms with Crippen LogP contribution in [0.3, 0.4) is 0 Å².